The Kier molecular flexibility index (Phi) is 6.32. The van der Waals surface area contributed by atoms with Crippen molar-refractivity contribution in [2.24, 2.45) is 0 Å². The SMILES string of the molecule is CN(C1CCCCC1)S(=O)(=O)c1cccc(NC(=O)C2CCCCN2)c1. The largest absolute Gasteiger partial charge is 0.325 e. The lowest BCUT2D eigenvalue weighted by Crippen LogP contribution is -2.43. The van der Waals surface area contributed by atoms with Gasteiger partial charge >= 0.3 is 0 Å². The average Bonchev–Trinajstić information content (AvgIpc) is 2.69. The molecule has 2 aliphatic rings. The van der Waals surface area contributed by atoms with Crippen molar-refractivity contribution >= 4 is 21.6 Å². The van der Waals surface area contributed by atoms with Crippen LogP contribution in [-0.4, -0.2) is 44.3 Å². The van der Waals surface area contributed by atoms with Gasteiger partial charge < -0.3 is 10.6 Å². The maximum absolute atomic E-state index is 13.0. The van der Waals surface area contributed by atoms with Crippen LogP contribution in [0.3, 0.4) is 0 Å². The Morgan fingerprint density at radius 3 is 2.54 bits per heavy atom. The summed E-state index contributed by atoms with van der Waals surface area (Å²) in [5.41, 5.74) is 0.528. The predicted molar refractivity (Wildman–Crippen MR) is 103 cm³/mol. The lowest BCUT2D eigenvalue weighted by molar-refractivity contribution is -0.118. The minimum absolute atomic E-state index is 0.0680. The number of carbonyl (C=O) groups excluding carboxylic acids is 1. The normalized spacial score (nSPS) is 22.3. The van der Waals surface area contributed by atoms with Crippen LogP contribution in [0.15, 0.2) is 29.2 Å². The van der Waals surface area contributed by atoms with Crippen LogP contribution in [0.4, 0.5) is 5.69 Å². The van der Waals surface area contributed by atoms with Crippen LogP contribution in [0.2, 0.25) is 0 Å². The monoisotopic (exact) mass is 379 g/mol. The van der Waals surface area contributed by atoms with E-state index in [-0.39, 0.29) is 22.9 Å². The zero-order valence-electron chi connectivity index (χ0n) is 15.4. The highest BCUT2D eigenvalue weighted by atomic mass is 32.2. The van der Waals surface area contributed by atoms with E-state index in [4.69, 9.17) is 0 Å². The first kappa shape index (κ1) is 19.3. The Balaban J connectivity index is 1.72. The molecule has 0 spiro atoms. The second-order valence-electron chi connectivity index (χ2n) is 7.33. The number of carbonyl (C=O) groups is 1. The summed E-state index contributed by atoms with van der Waals surface area (Å²) in [6, 6.07) is 6.46. The first-order chi connectivity index (χ1) is 12.5. The van der Waals surface area contributed by atoms with Gasteiger partial charge in [0.2, 0.25) is 15.9 Å². The molecule has 1 aromatic carbocycles. The third-order valence-corrected chi connectivity index (χ3v) is 7.40. The molecular formula is C19H29N3O3S. The molecule has 3 rings (SSSR count). The number of sulfonamides is 1. The molecule has 0 aromatic heterocycles. The van der Waals surface area contributed by atoms with Crippen molar-refractivity contribution in [2.75, 3.05) is 18.9 Å². The van der Waals surface area contributed by atoms with E-state index in [9.17, 15) is 13.2 Å². The average molecular weight is 380 g/mol. The maximum atomic E-state index is 13.0. The Morgan fingerprint density at radius 1 is 1.12 bits per heavy atom. The number of amides is 1. The van der Waals surface area contributed by atoms with Crippen LogP contribution in [0, 0.1) is 0 Å². The van der Waals surface area contributed by atoms with Gasteiger partial charge in [-0.1, -0.05) is 31.7 Å². The van der Waals surface area contributed by atoms with Gasteiger partial charge in [-0.2, -0.15) is 4.31 Å². The number of hydrogen-bond acceptors (Lipinski definition) is 4. The summed E-state index contributed by atoms with van der Waals surface area (Å²) in [7, 11) is -1.89. The summed E-state index contributed by atoms with van der Waals surface area (Å²) in [5, 5.41) is 6.06. The molecule has 6 nitrogen and oxygen atoms in total. The number of benzene rings is 1. The van der Waals surface area contributed by atoms with Crippen molar-refractivity contribution in [3.63, 3.8) is 0 Å². The fourth-order valence-electron chi connectivity index (χ4n) is 3.85. The highest BCUT2D eigenvalue weighted by molar-refractivity contribution is 7.89. The molecule has 1 aromatic rings. The number of nitrogens with one attached hydrogen (secondary N) is 2. The fraction of sp³-hybridized carbons (Fsp3) is 0.632. The first-order valence-corrected chi connectivity index (χ1v) is 11.0. The van der Waals surface area contributed by atoms with Gasteiger partial charge in [0.1, 0.15) is 0 Å². The fourth-order valence-corrected chi connectivity index (χ4v) is 5.31. The number of rotatable bonds is 5. The van der Waals surface area contributed by atoms with Gasteiger partial charge in [0.25, 0.3) is 0 Å². The van der Waals surface area contributed by atoms with Crippen molar-refractivity contribution in [3.05, 3.63) is 24.3 Å². The molecule has 0 radical (unpaired) electrons. The number of nitrogens with zero attached hydrogens (tertiary/aromatic N) is 1. The minimum Gasteiger partial charge on any atom is -0.325 e. The molecule has 1 aliphatic heterocycles. The highest BCUT2D eigenvalue weighted by Gasteiger charge is 2.29. The number of anilines is 1. The topological polar surface area (TPSA) is 78.5 Å². The van der Waals surface area contributed by atoms with Crippen LogP contribution < -0.4 is 10.6 Å². The molecule has 1 atom stereocenters. The molecule has 1 saturated heterocycles. The van der Waals surface area contributed by atoms with E-state index in [1.165, 1.54) is 10.7 Å². The minimum atomic E-state index is -3.56. The molecule has 1 heterocycles. The molecule has 7 heteroatoms. The van der Waals surface area contributed by atoms with E-state index in [2.05, 4.69) is 10.6 Å². The molecule has 144 valence electrons. The van der Waals surface area contributed by atoms with E-state index in [1.54, 1.807) is 31.3 Å². The Hall–Kier alpha value is -1.44. The summed E-state index contributed by atoms with van der Waals surface area (Å²) in [6.07, 6.45) is 8.11. The summed E-state index contributed by atoms with van der Waals surface area (Å²) >= 11 is 0. The first-order valence-electron chi connectivity index (χ1n) is 9.61. The van der Waals surface area contributed by atoms with Crippen molar-refractivity contribution < 1.29 is 13.2 Å². The van der Waals surface area contributed by atoms with E-state index in [0.29, 0.717) is 5.69 Å². The Bertz CT molecular complexity index is 723. The third kappa shape index (κ3) is 4.45. The van der Waals surface area contributed by atoms with Crippen LogP contribution >= 0.6 is 0 Å². The van der Waals surface area contributed by atoms with E-state index >= 15 is 0 Å². The predicted octanol–water partition coefficient (Wildman–Crippen LogP) is 2.72. The number of hydrogen-bond donors (Lipinski definition) is 2. The molecule has 26 heavy (non-hydrogen) atoms. The maximum Gasteiger partial charge on any atom is 0.243 e. The van der Waals surface area contributed by atoms with E-state index < -0.39 is 10.0 Å². The standard InChI is InChI=1S/C19H29N3O3S/c1-22(16-9-3-2-4-10-16)26(24,25)17-11-7-8-15(14-17)21-19(23)18-12-5-6-13-20-18/h7-8,11,14,16,18,20H,2-6,9-10,12-13H2,1H3,(H,21,23). The molecule has 1 aliphatic carbocycles. The van der Waals surface area contributed by atoms with Gasteiger partial charge in [-0.05, 0) is 50.4 Å². The lowest BCUT2D eigenvalue weighted by Gasteiger charge is -2.30. The third-order valence-electron chi connectivity index (χ3n) is 5.49. The molecule has 2 fully saturated rings. The van der Waals surface area contributed by atoms with Crippen LogP contribution in [0.1, 0.15) is 51.4 Å². The second-order valence-corrected chi connectivity index (χ2v) is 9.33. The van der Waals surface area contributed by atoms with Gasteiger partial charge in [-0.15, -0.1) is 0 Å². The number of piperidine rings is 1. The smallest absolute Gasteiger partial charge is 0.243 e. The van der Waals surface area contributed by atoms with Crippen LogP contribution in [0.5, 0.6) is 0 Å². The van der Waals surface area contributed by atoms with Crippen LogP contribution in [-0.2, 0) is 14.8 Å². The molecular weight excluding hydrogens is 350 g/mol. The highest BCUT2D eigenvalue weighted by Crippen LogP contribution is 2.27. The molecule has 0 bridgehead atoms. The zero-order chi connectivity index (χ0) is 18.6. The van der Waals surface area contributed by atoms with Gasteiger partial charge in [-0.3, -0.25) is 4.79 Å². The van der Waals surface area contributed by atoms with Gasteiger partial charge in [0.05, 0.1) is 10.9 Å². The Morgan fingerprint density at radius 2 is 1.85 bits per heavy atom. The van der Waals surface area contributed by atoms with E-state index in [1.807, 2.05) is 0 Å². The van der Waals surface area contributed by atoms with E-state index in [0.717, 1.165) is 51.5 Å². The van der Waals surface area contributed by atoms with Crippen molar-refractivity contribution in [3.8, 4) is 0 Å². The summed E-state index contributed by atoms with van der Waals surface area (Å²) in [5.74, 6) is -0.0973. The van der Waals surface area contributed by atoms with Gasteiger partial charge in [-0.25, -0.2) is 8.42 Å². The van der Waals surface area contributed by atoms with Gasteiger partial charge in [0, 0.05) is 18.8 Å². The zero-order valence-corrected chi connectivity index (χ0v) is 16.2. The van der Waals surface area contributed by atoms with Crippen LogP contribution in [0.25, 0.3) is 0 Å². The molecule has 1 amide bonds. The summed E-state index contributed by atoms with van der Waals surface area (Å²) in [4.78, 5) is 12.6. The molecule has 1 unspecified atom stereocenters. The van der Waals surface area contributed by atoms with Crippen molar-refractivity contribution in [2.45, 2.75) is 68.3 Å². The summed E-state index contributed by atoms with van der Waals surface area (Å²) in [6.45, 7) is 0.846. The van der Waals surface area contributed by atoms with Crippen molar-refractivity contribution in [1.82, 2.24) is 9.62 Å². The summed E-state index contributed by atoms with van der Waals surface area (Å²) < 4.78 is 27.5. The second kappa shape index (κ2) is 8.50. The quantitative estimate of drug-likeness (QED) is 0.824. The van der Waals surface area contributed by atoms with Gasteiger partial charge in [0.15, 0.2) is 0 Å². The Labute approximate surface area is 156 Å². The van der Waals surface area contributed by atoms with Crippen molar-refractivity contribution in [1.29, 1.82) is 0 Å². The lowest BCUT2D eigenvalue weighted by atomic mass is 9.96. The molecule has 1 saturated carbocycles. The molecule has 2 N–H and O–H groups in total.